The molecule has 2 heterocycles. The summed E-state index contributed by atoms with van der Waals surface area (Å²) in [6, 6.07) is 6.29. The third kappa shape index (κ3) is 4.69. The van der Waals surface area contributed by atoms with Gasteiger partial charge in [0.1, 0.15) is 11.3 Å². The number of nitrogen functional groups attached to an aromatic ring is 1. The molecule has 2 aromatic heterocycles. The first-order valence-corrected chi connectivity index (χ1v) is 9.66. The zero-order valence-corrected chi connectivity index (χ0v) is 16.8. The van der Waals surface area contributed by atoms with E-state index in [0.717, 1.165) is 53.7 Å². The summed E-state index contributed by atoms with van der Waals surface area (Å²) in [5, 5.41) is 7.98. The van der Waals surface area contributed by atoms with Crippen molar-refractivity contribution in [1.82, 2.24) is 19.7 Å². The van der Waals surface area contributed by atoms with E-state index in [4.69, 9.17) is 16.2 Å². The van der Waals surface area contributed by atoms with Crippen molar-refractivity contribution in [3.05, 3.63) is 35.5 Å². The van der Waals surface area contributed by atoms with Gasteiger partial charge in [0.05, 0.1) is 19.9 Å². The lowest BCUT2D eigenvalue weighted by Crippen LogP contribution is -2.17. The van der Waals surface area contributed by atoms with Gasteiger partial charge in [-0.2, -0.15) is 10.1 Å². The number of nitrogens with zero attached hydrogens (tertiary/aromatic N) is 4. The largest absolute Gasteiger partial charge is 0.496 e. The quantitative estimate of drug-likeness (QED) is 0.486. The second-order valence-corrected chi connectivity index (χ2v) is 7.10. The number of hydrogen-bond acceptors (Lipinski definition) is 7. The molecule has 0 aliphatic rings. The van der Waals surface area contributed by atoms with Crippen molar-refractivity contribution >= 4 is 22.8 Å². The number of unbranched alkanes of at least 4 members (excludes halogenated alkanes) is 1. The molecule has 0 saturated heterocycles. The predicted octanol–water partition coefficient (Wildman–Crippen LogP) is 2.57. The Balaban J connectivity index is 1.87. The van der Waals surface area contributed by atoms with Gasteiger partial charge in [0.25, 0.3) is 0 Å². The lowest BCUT2D eigenvalue weighted by molar-refractivity contribution is 0.406. The molecule has 0 fully saturated rings. The number of benzene rings is 1. The number of rotatable bonds is 9. The fourth-order valence-electron chi connectivity index (χ4n) is 3.16. The number of fused-ring (bicyclic) bond motifs is 1. The molecule has 1 aromatic carbocycles. The zero-order valence-electron chi connectivity index (χ0n) is 16.8. The van der Waals surface area contributed by atoms with E-state index in [9.17, 15) is 0 Å². The van der Waals surface area contributed by atoms with Crippen molar-refractivity contribution in [2.75, 3.05) is 24.7 Å². The highest BCUT2D eigenvalue weighted by molar-refractivity contribution is 5.85. The van der Waals surface area contributed by atoms with Crippen LogP contribution in [0.2, 0.25) is 0 Å². The highest BCUT2D eigenvalue weighted by Crippen LogP contribution is 2.24. The van der Waals surface area contributed by atoms with E-state index in [1.807, 2.05) is 23.9 Å². The van der Waals surface area contributed by atoms with Crippen molar-refractivity contribution in [2.45, 2.75) is 45.7 Å². The Morgan fingerprint density at radius 2 is 2.11 bits per heavy atom. The van der Waals surface area contributed by atoms with Crippen LogP contribution >= 0.6 is 0 Å². The third-order valence-corrected chi connectivity index (χ3v) is 4.49. The van der Waals surface area contributed by atoms with Crippen molar-refractivity contribution in [3.8, 4) is 5.75 Å². The minimum Gasteiger partial charge on any atom is -0.496 e. The monoisotopic (exact) mass is 383 g/mol. The summed E-state index contributed by atoms with van der Waals surface area (Å²) in [4.78, 5) is 8.62. The summed E-state index contributed by atoms with van der Waals surface area (Å²) in [6.45, 7) is 5.53. The van der Waals surface area contributed by atoms with Gasteiger partial charge in [0.2, 0.25) is 5.95 Å². The SMILES string of the molecule is CCCCNc1nc(N)nc2cn(Cc3ccc(CC(C)N)cc3OC)nc12. The number of hydrogen-bond donors (Lipinski definition) is 3. The molecule has 0 aliphatic carbocycles. The van der Waals surface area contributed by atoms with Gasteiger partial charge in [-0.05, 0) is 31.4 Å². The van der Waals surface area contributed by atoms with Crippen LogP contribution in [0.15, 0.2) is 24.4 Å². The molecule has 5 N–H and O–H groups in total. The van der Waals surface area contributed by atoms with E-state index < -0.39 is 0 Å². The van der Waals surface area contributed by atoms with Crippen LogP contribution in [0.3, 0.4) is 0 Å². The Kier molecular flexibility index (Phi) is 6.30. The van der Waals surface area contributed by atoms with Crippen LogP contribution in [0.25, 0.3) is 11.0 Å². The van der Waals surface area contributed by atoms with Gasteiger partial charge in [-0.1, -0.05) is 25.5 Å². The summed E-state index contributed by atoms with van der Waals surface area (Å²) >= 11 is 0. The summed E-state index contributed by atoms with van der Waals surface area (Å²) in [5.41, 5.74) is 15.4. The molecule has 0 aliphatic heterocycles. The lowest BCUT2D eigenvalue weighted by Gasteiger charge is -2.12. The first-order chi connectivity index (χ1) is 13.5. The first kappa shape index (κ1) is 19.9. The molecule has 28 heavy (non-hydrogen) atoms. The van der Waals surface area contributed by atoms with Gasteiger partial charge >= 0.3 is 0 Å². The molecule has 0 bridgehead atoms. The van der Waals surface area contributed by atoms with Crippen LogP contribution in [0.5, 0.6) is 5.75 Å². The van der Waals surface area contributed by atoms with Crippen LogP contribution in [0.1, 0.15) is 37.8 Å². The molecule has 1 atom stereocenters. The second kappa shape index (κ2) is 8.88. The topological polar surface area (TPSA) is 117 Å². The van der Waals surface area contributed by atoms with Crippen molar-refractivity contribution in [2.24, 2.45) is 5.73 Å². The van der Waals surface area contributed by atoms with Gasteiger partial charge in [-0.25, -0.2) is 4.98 Å². The molecule has 8 heteroatoms. The van der Waals surface area contributed by atoms with Crippen LogP contribution in [0.4, 0.5) is 11.8 Å². The average molecular weight is 384 g/mol. The lowest BCUT2D eigenvalue weighted by atomic mass is 10.0. The van der Waals surface area contributed by atoms with E-state index in [1.165, 1.54) is 0 Å². The smallest absolute Gasteiger partial charge is 0.222 e. The molecule has 3 aromatic rings. The van der Waals surface area contributed by atoms with E-state index in [1.54, 1.807) is 7.11 Å². The number of nitrogens with one attached hydrogen (secondary N) is 1. The van der Waals surface area contributed by atoms with Gasteiger partial charge in [0, 0.05) is 18.2 Å². The molecular weight excluding hydrogens is 354 g/mol. The Bertz CT molecular complexity index is 936. The van der Waals surface area contributed by atoms with Crippen LogP contribution in [-0.2, 0) is 13.0 Å². The maximum Gasteiger partial charge on any atom is 0.222 e. The van der Waals surface area contributed by atoms with Gasteiger partial charge in [0.15, 0.2) is 11.3 Å². The molecule has 1 unspecified atom stereocenters. The summed E-state index contributed by atoms with van der Waals surface area (Å²) in [6.07, 6.45) is 4.85. The van der Waals surface area contributed by atoms with Crippen molar-refractivity contribution < 1.29 is 4.74 Å². The fourth-order valence-corrected chi connectivity index (χ4v) is 3.16. The zero-order chi connectivity index (χ0) is 20.1. The number of methoxy groups -OCH3 is 1. The number of anilines is 2. The molecule has 0 spiro atoms. The minimum atomic E-state index is 0.106. The number of nitrogens with two attached hydrogens (primary N) is 2. The Labute approximate surface area is 165 Å². The third-order valence-electron chi connectivity index (χ3n) is 4.49. The Morgan fingerprint density at radius 3 is 2.82 bits per heavy atom. The van der Waals surface area contributed by atoms with Crippen LogP contribution in [0, 0.1) is 0 Å². The van der Waals surface area contributed by atoms with Gasteiger partial charge in [-0.15, -0.1) is 0 Å². The highest BCUT2D eigenvalue weighted by Gasteiger charge is 2.13. The maximum absolute atomic E-state index is 5.91. The van der Waals surface area contributed by atoms with E-state index in [2.05, 4.69) is 39.4 Å². The first-order valence-electron chi connectivity index (χ1n) is 9.66. The minimum absolute atomic E-state index is 0.106. The summed E-state index contributed by atoms with van der Waals surface area (Å²) < 4.78 is 7.42. The summed E-state index contributed by atoms with van der Waals surface area (Å²) in [7, 11) is 1.68. The van der Waals surface area contributed by atoms with Gasteiger partial charge in [-0.3, -0.25) is 4.68 Å². The molecule has 150 valence electrons. The number of ether oxygens (including phenoxy) is 1. The molecule has 0 radical (unpaired) electrons. The van der Waals surface area contributed by atoms with E-state index in [0.29, 0.717) is 12.4 Å². The molecule has 0 saturated carbocycles. The molecule has 3 rings (SSSR count). The second-order valence-electron chi connectivity index (χ2n) is 7.10. The fraction of sp³-hybridized carbons (Fsp3) is 0.450. The van der Waals surface area contributed by atoms with Crippen LogP contribution in [-0.4, -0.2) is 39.4 Å². The summed E-state index contributed by atoms with van der Waals surface area (Å²) in [5.74, 6) is 1.74. The van der Waals surface area contributed by atoms with Crippen LogP contribution < -0.4 is 21.5 Å². The van der Waals surface area contributed by atoms with Crippen molar-refractivity contribution in [3.63, 3.8) is 0 Å². The normalized spacial score (nSPS) is 12.3. The molecule has 0 amide bonds. The standard InChI is InChI=1S/C20H29N7O/c1-4-5-8-23-19-18-16(24-20(22)25-19)12-27(26-18)11-15-7-6-14(9-13(2)21)10-17(15)28-3/h6-7,10,12-13H,4-5,8-9,11,21H2,1-3H3,(H3,22,23,24,25). The van der Waals surface area contributed by atoms with Gasteiger partial charge < -0.3 is 21.5 Å². The van der Waals surface area contributed by atoms with E-state index >= 15 is 0 Å². The maximum atomic E-state index is 5.91. The highest BCUT2D eigenvalue weighted by atomic mass is 16.5. The Morgan fingerprint density at radius 1 is 1.29 bits per heavy atom. The molecular formula is C20H29N7O. The average Bonchev–Trinajstić information content (AvgIpc) is 3.05. The molecule has 8 nitrogen and oxygen atoms in total. The predicted molar refractivity (Wildman–Crippen MR) is 113 cm³/mol. The Hall–Kier alpha value is -2.87. The van der Waals surface area contributed by atoms with Crippen molar-refractivity contribution in [1.29, 1.82) is 0 Å². The van der Waals surface area contributed by atoms with E-state index in [-0.39, 0.29) is 12.0 Å². The number of aromatic nitrogens is 4.